The van der Waals surface area contributed by atoms with Crippen molar-refractivity contribution in [2.24, 2.45) is 5.14 Å². The molecule has 0 aliphatic rings. The van der Waals surface area contributed by atoms with Gasteiger partial charge in [0.1, 0.15) is 0 Å². The summed E-state index contributed by atoms with van der Waals surface area (Å²) in [7, 11) is -3.85. The van der Waals surface area contributed by atoms with E-state index in [0.29, 0.717) is 16.6 Å². The van der Waals surface area contributed by atoms with Crippen LogP contribution in [0.5, 0.6) is 0 Å². The first-order valence-electron chi connectivity index (χ1n) is 5.81. The van der Waals surface area contributed by atoms with Crippen molar-refractivity contribution in [1.29, 1.82) is 0 Å². The van der Waals surface area contributed by atoms with E-state index in [0.717, 1.165) is 5.39 Å². The number of hydrogen-bond acceptors (Lipinski definition) is 3. The summed E-state index contributed by atoms with van der Waals surface area (Å²) in [5, 5.41) is 9.20. The van der Waals surface area contributed by atoms with Gasteiger partial charge in [0.25, 0.3) is 5.91 Å². The van der Waals surface area contributed by atoms with E-state index in [-0.39, 0.29) is 10.8 Å². The average Bonchev–Trinajstić information content (AvgIpc) is 2.37. The standard InChI is InChI=1S/C14H14N2O3S/c1-9(2)14(17)16-13-8-11(20(15,18)19)7-10-5-3-4-6-12(10)13/h3-8H,1H2,2H3,(H,16,17)(H2,15,18,19). The minimum atomic E-state index is -3.85. The van der Waals surface area contributed by atoms with Gasteiger partial charge < -0.3 is 5.32 Å². The number of carbonyl (C=O) groups is 1. The number of nitrogens with two attached hydrogens (primary N) is 1. The van der Waals surface area contributed by atoms with E-state index in [1.54, 1.807) is 31.2 Å². The molecule has 3 N–H and O–H groups in total. The van der Waals surface area contributed by atoms with Gasteiger partial charge >= 0.3 is 0 Å². The normalized spacial score (nSPS) is 11.3. The summed E-state index contributed by atoms with van der Waals surface area (Å²) in [4.78, 5) is 11.7. The number of amides is 1. The molecular formula is C14H14N2O3S. The molecule has 2 aromatic rings. The molecule has 0 heterocycles. The summed E-state index contributed by atoms with van der Waals surface area (Å²) >= 11 is 0. The molecular weight excluding hydrogens is 276 g/mol. The number of fused-ring (bicyclic) bond motifs is 1. The Kier molecular flexibility index (Phi) is 3.61. The Hall–Kier alpha value is -2.18. The number of hydrogen-bond donors (Lipinski definition) is 2. The molecule has 6 heteroatoms. The monoisotopic (exact) mass is 290 g/mol. The van der Waals surface area contributed by atoms with Crippen molar-refractivity contribution in [3.8, 4) is 0 Å². The van der Waals surface area contributed by atoms with E-state index < -0.39 is 10.0 Å². The van der Waals surface area contributed by atoms with Crippen molar-refractivity contribution in [1.82, 2.24) is 0 Å². The summed E-state index contributed by atoms with van der Waals surface area (Å²) in [5.74, 6) is -0.373. The molecule has 0 aromatic heterocycles. The van der Waals surface area contributed by atoms with E-state index in [4.69, 9.17) is 5.14 Å². The third kappa shape index (κ3) is 2.87. The fraction of sp³-hybridized carbons (Fsp3) is 0.0714. The molecule has 2 rings (SSSR count). The fourth-order valence-electron chi connectivity index (χ4n) is 1.78. The van der Waals surface area contributed by atoms with Gasteiger partial charge in [0, 0.05) is 11.0 Å². The molecule has 0 unspecified atom stereocenters. The molecule has 0 spiro atoms. The lowest BCUT2D eigenvalue weighted by Gasteiger charge is -2.11. The van der Waals surface area contributed by atoms with Gasteiger partial charge in [-0.15, -0.1) is 0 Å². The largest absolute Gasteiger partial charge is 0.322 e. The van der Waals surface area contributed by atoms with Crippen molar-refractivity contribution < 1.29 is 13.2 Å². The van der Waals surface area contributed by atoms with Gasteiger partial charge in [0.15, 0.2) is 0 Å². The highest BCUT2D eigenvalue weighted by molar-refractivity contribution is 7.89. The van der Waals surface area contributed by atoms with Crippen LogP contribution in [0.15, 0.2) is 53.4 Å². The Balaban J connectivity index is 2.67. The lowest BCUT2D eigenvalue weighted by Crippen LogP contribution is -2.15. The first-order chi connectivity index (χ1) is 9.29. The predicted molar refractivity (Wildman–Crippen MR) is 78.8 cm³/mol. The van der Waals surface area contributed by atoms with Crippen LogP contribution in [0.3, 0.4) is 0 Å². The zero-order valence-corrected chi connectivity index (χ0v) is 11.7. The molecule has 5 nitrogen and oxygen atoms in total. The minimum Gasteiger partial charge on any atom is -0.322 e. The van der Waals surface area contributed by atoms with Crippen LogP contribution in [0, 0.1) is 0 Å². The SMILES string of the molecule is C=C(C)C(=O)Nc1cc(S(N)(=O)=O)cc2ccccc12. The number of nitrogens with one attached hydrogen (secondary N) is 1. The molecule has 0 atom stereocenters. The third-order valence-corrected chi connectivity index (χ3v) is 3.69. The lowest BCUT2D eigenvalue weighted by atomic mass is 10.1. The second kappa shape index (κ2) is 5.07. The molecule has 0 saturated carbocycles. The predicted octanol–water partition coefficient (Wildman–Crippen LogP) is 2.00. The maximum atomic E-state index is 11.7. The maximum absolute atomic E-state index is 11.7. The minimum absolute atomic E-state index is 0.0479. The highest BCUT2D eigenvalue weighted by Crippen LogP contribution is 2.27. The Morgan fingerprint density at radius 3 is 2.50 bits per heavy atom. The quantitative estimate of drug-likeness (QED) is 0.847. The van der Waals surface area contributed by atoms with Gasteiger partial charge in [-0.05, 0) is 24.4 Å². The summed E-state index contributed by atoms with van der Waals surface area (Å²) in [6.45, 7) is 5.12. The van der Waals surface area contributed by atoms with E-state index in [9.17, 15) is 13.2 Å². The number of anilines is 1. The van der Waals surface area contributed by atoms with Crippen LogP contribution in [-0.2, 0) is 14.8 Å². The first-order valence-corrected chi connectivity index (χ1v) is 7.36. The van der Waals surface area contributed by atoms with Crippen LogP contribution in [0.25, 0.3) is 10.8 Å². The van der Waals surface area contributed by atoms with Gasteiger partial charge in [0.2, 0.25) is 10.0 Å². The van der Waals surface area contributed by atoms with Crippen molar-refractivity contribution in [3.63, 3.8) is 0 Å². The molecule has 0 bridgehead atoms. The highest BCUT2D eigenvalue weighted by atomic mass is 32.2. The van der Waals surface area contributed by atoms with Crippen LogP contribution < -0.4 is 10.5 Å². The van der Waals surface area contributed by atoms with Crippen molar-refractivity contribution >= 4 is 32.4 Å². The smallest absolute Gasteiger partial charge is 0.250 e. The maximum Gasteiger partial charge on any atom is 0.250 e. The van der Waals surface area contributed by atoms with Gasteiger partial charge in [-0.2, -0.15) is 0 Å². The van der Waals surface area contributed by atoms with Gasteiger partial charge in [-0.25, -0.2) is 13.6 Å². The molecule has 20 heavy (non-hydrogen) atoms. The van der Waals surface area contributed by atoms with Crippen LogP contribution in [0.1, 0.15) is 6.92 Å². The van der Waals surface area contributed by atoms with Crippen molar-refractivity contribution in [3.05, 3.63) is 48.6 Å². The average molecular weight is 290 g/mol. The molecule has 0 aliphatic heterocycles. The number of rotatable bonds is 3. The second-order valence-corrected chi connectivity index (χ2v) is 6.03. The Morgan fingerprint density at radius 2 is 1.90 bits per heavy atom. The van der Waals surface area contributed by atoms with E-state index in [1.807, 2.05) is 0 Å². The van der Waals surface area contributed by atoms with Gasteiger partial charge in [-0.3, -0.25) is 4.79 Å². The summed E-state index contributed by atoms with van der Waals surface area (Å²) < 4.78 is 23.0. The molecule has 0 fully saturated rings. The van der Waals surface area contributed by atoms with E-state index in [2.05, 4.69) is 11.9 Å². The second-order valence-electron chi connectivity index (χ2n) is 4.47. The number of carbonyl (C=O) groups excluding carboxylic acids is 1. The summed E-state index contributed by atoms with van der Waals surface area (Å²) in [5.41, 5.74) is 0.718. The van der Waals surface area contributed by atoms with Crippen LogP contribution in [-0.4, -0.2) is 14.3 Å². The van der Waals surface area contributed by atoms with Crippen molar-refractivity contribution in [2.45, 2.75) is 11.8 Å². The summed E-state index contributed by atoms with van der Waals surface area (Å²) in [6.07, 6.45) is 0. The van der Waals surface area contributed by atoms with E-state index in [1.165, 1.54) is 12.1 Å². The topological polar surface area (TPSA) is 89.3 Å². The Bertz CT molecular complexity index is 810. The van der Waals surface area contributed by atoms with Crippen LogP contribution in [0.2, 0.25) is 0 Å². The number of sulfonamides is 1. The lowest BCUT2D eigenvalue weighted by molar-refractivity contribution is -0.112. The van der Waals surface area contributed by atoms with Gasteiger partial charge in [-0.1, -0.05) is 30.8 Å². The zero-order valence-electron chi connectivity index (χ0n) is 10.9. The number of primary sulfonamides is 1. The highest BCUT2D eigenvalue weighted by Gasteiger charge is 2.13. The number of benzene rings is 2. The summed E-state index contributed by atoms with van der Waals surface area (Å²) in [6, 6.07) is 9.94. The first kappa shape index (κ1) is 14.2. The Labute approximate surface area is 117 Å². The van der Waals surface area contributed by atoms with Crippen molar-refractivity contribution in [2.75, 3.05) is 5.32 Å². The molecule has 0 saturated heterocycles. The zero-order chi connectivity index (χ0) is 14.9. The third-order valence-electron chi connectivity index (χ3n) is 2.80. The van der Waals surface area contributed by atoms with E-state index >= 15 is 0 Å². The van der Waals surface area contributed by atoms with Crippen LogP contribution in [0.4, 0.5) is 5.69 Å². The molecule has 0 aliphatic carbocycles. The molecule has 1 amide bonds. The molecule has 104 valence electrons. The molecule has 2 aromatic carbocycles. The fourth-order valence-corrected chi connectivity index (χ4v) is 2.35. The Morgan fingerprint density at radius 1 is 1.25 bits per heavy atom. The molecule has 0 radical (unpaired) electrons. The van der Waals surface area contributed by atoms with Crippen LogP contribution >= 0.6 is 0 Å². The van der Waals surface area contributed by atoms with Gasteiger partial charge in [0.05, 0.1) is 10.6 Å².